The molecule has 1 aromatic heterocycles. The van der Waals surface area contributed by atoms with Crippen molar-refractivity contribution in [2.45, 2.75) is 6.42 Å². The van der Waals surface area contributed by atoms with Crippen molar-refractivity contribution in [2.75, 3.05) is 13.2 Å². The van der Waals surface area contributed by atoms with E-state index in [4.69, 9.17) is 10.8 Å². The second kappa shape index (κ2) is 6.12. The van der Waals surface area contributed by atoms with Gasteiger partial charge in [0.1, 0.15) is 5.69 Å². The fourth-order valence-corrected chi connectivity index (χ4v) is 1.87. The van der Waals surface area contributed by atoms with Gasteiger partial charge in [0.25, 0.3) is 5.91 Å². The van der Waals surface area contributed by atoms with Crippen LogP contribution >= 0.6 is 0 Å². The molecule has 20 heavy (non-hydrogen) atoms. The third kappa shape index (κ3) is 2.92. The Morgan fingerprint density at radius 3 is 2.75 bits per heavy atom. The predicted octanol–water partition coefficient (Wildman–Crippen LogP) is 0.446. The molecule has 104 valence electrons. The SMILES string of the molecule is NC(=O)c1cc(C(=O)NCCCO)nc2ccccc12. The van der Waals surface area contributed by atoms with Gasteiger partial charge in [-0.15, -0.1) is 0 Å². The number of aliphatic hydroxyl groups excluding tert-OH is 1. The van der Waals surface area contributed by atoms with Crippen LogP contribution in [0.1, 0.15) is 27.3 Å². The number of nitrogens with two attached hydrogens (primary N) is 1. The molecule has 0 saturated heterocycles. The van der Waals surface area contributed by atoms with Gasteiger partial charge in [-0.05, 0) is 18.6 Å². The maximum absolute atomic E-state index is 11.9. The van der Waals surface area contributed by atoms with E-state index >= 15 is 0 Å². The second-order valence-electron chi connectivity index (χ2n) is 4.27. The van der Waals surface area contributed by atoms with E-state index in [2.05, 4.69) is 10.3 Å². The first-order valence-electron chi connectivity index (χ1n) is 6.22. The lowest BCUT2D eigenvalue weighted by atomic mass is 10.1. The Kier molecular flexibility index (Phi) is 4.27. The van der Waals surface area contributed by atoms with E-state index in [1.807, 2.05) is 0 Å². The Hall–Kier alpha value is -2.47. The third-order valence-electron chi connectivity index (χ3n) is 2.83. The second-order valence-corrected chi connectivity index (χ2v) is 4.27. The number of primary amides is 1. The number of nitrogens with zero attached hydrogens (tertiary/aromatic N) is 1. The Morgan fingerprint density at radius 1 is 1.30 bits per heavy atom. The van der Waals surface area contributed by atoms with Gasteiger partial charge in [-0.25, -0.2) is 4.98 Å². The highest BCUT2D eigenvalue weighted by atomic mass is 16.3. The molecule has 2 rings (SSSR count). The summed E-state index contributed by atoms with van der Waals surface area (Å²) in [6.07, 6.45) is 0.460. The van der Waals surface area contributed by atoms with Crippen molar-refractivity contribution >= 4 is 22.7 Å². The molecule has 1 aromatic carbocycles. The first-order chi connectivity index (χ1) is 9.63. The number of aliphatic hydroxyl groups is 1. The number of benzene rings is 1. The van der Waals surface area contributed by atoms with Gasteiger partial charge in [-0.2, -0.15) is 0 Å². The molecule has 0 aliphatic carbocycles. The monoisotopic (exact) mass is 273 g/mol. The quantitative estimate of drug-likeness (QED) is 0.687. The van der Waals surface area contributed by atoms with Crippen LogP contribution in [-0.4, -0.2) is 35.1 Å². The molecule has 2 amide bonds. The van der Waals surface area contributed by atoms with Crippen molar-refractivity contribution in [2.24, 2.45) is 5.73 Å². The van der Waals surface area contributed by atoms with E-state index in [1.54, 1.807) is 24.3 Å². The third-order valence-corrected chi connectivity index (χ3v) is 2.83. The van der Waals surface area contributed by atoms with Crippen molar-refractivity contribution < 1.29 is 14.7 Å². The van der Waals surface area contributed by atoms with Crippen molar-refractivity contribution in [3.05, 3.63) is 41.6 Å². The van der Waals surface area contributed by atoms with Crippen LogP contribution in [0.5, 0.6) is 0 Å². The number of fused-ring (bicyclic) bond motifs is 1. The number of hydrogen-bond donors (Lipinski definition) is 3. The average molecular weight is 273 g/mol. The Bertz CT molecular complexity index is 655. The molecule has 6 heteroatoms. The number of hydrogen-bond acceptors (Lipinski definition) is 4. The van der Waals surface area contributed by atoms with Gasteiger partial charge in [0.15, 0.2) is 0 Å². The Morgan fingerprint density at radius 2 is 2.05 bits per heavy atom. The lowest BCUT2D eigenvalue weighted by Gasteiger charge is -2.07. The Labute approximate surface area is 115 Å². The standard InChI is InChI=1S/C14H15N3O3/c15-13(19)10-8-12(14(20)16-6-3-7-18)17-11-5-2-1-4-9(10)11/h1-2,4-5,8,18H,3,6-7H2,(H2,15,19)(H,16,20). The molecular weight excluding hydrogens is 258 g/mol. The lowest BCUT2D eigenvalue weighted by Crippen LogP contribution is -2.26. The summed E-state index contributed by atoms with van der Waals surface area (Å²) in [5.41, 5.74) is 6.28. The highest BCUT2D eigenvalue weighted by Gasteiger charge is 2.14. The molecule has 0 spiro atoms. The zero-order valence-corrected chi connectivity index (χ0v) is 10.8. The molecule has 0 atom stereocenters. The normalized spacial score (nSPS) is 10.4. The maximum Gasteiger partial charge on any atom is 0.269 e. The molecule has 0 unspecified atom stereocenters. The van der Waals surface area contributed by atoms with Gasteiger partial charge >= 0.3 is 0 Å². The fourth-order valence-electron chi connectivity index (χ4n) is 1.87. The number of rotatable bonds is 5. The number of para-hydroxylation sites is 1. The Balaban J connectivity index is 2.39. The summed E-state index contributed by atoms with van der Waals surface area (Å²) in [5.74, 6) is -1.00. The molecule has 0 bridgehead atoms. The van der Waals surface area contributed by atoms with Gasteiger partial charge < -0.3 is 16.2 Å². The van der Waals surface area contributed by atoms with E-state index < -0.39 is 11.8 Å². The number of aromatic nitrogens is 1. The first-order valence-corrected chi connectivity index (χ1v) is 6.22. The molecule has 0 aliphatic heterocycles. The largest absolute Gasteiger partial charge is 0.396 e. The summed E-state index contributed by atoms with van der Waals surface area (Å²) in [7, 11) is 0. The van der Waals surface area contributed by atoms with Crippen LogP contribution in [0.25, 0.3) is 10.9 Å². The smallest absolute Gasteiger partial charge is 0.269 e. The van der Waals surface area contributed by atoms with Crippen LogP contribution in [0.2, 0.25) is 0 Å². The highest BCUT2D eigenvalue weighted by Crippen LogP contribution is 2.17. The van der Waals surface area contributed by atoms with Gasteiger partial charge in [-0.1, -0.05) is 18.2 Å². The topological polar surface area (TPSA) is 105 Å². The maximum atomic E-state index is 11.9. The van der Waals surface area contributed by atoms with Gasteiger partial charge in [-0.3, -0.25) is 9.59 Å². The van der Waals surface area contributed by atoms with Crippen LogP contribution in [0.4, 0.5) is 0 Å². The van der Waals surface area contributed by atoms with E-state index in [9.17, 15) is 9.59 Å². The minimum Gasteiger partial charge on any atom is -0.396 e. The van der Waals surface area contributed by atoms with Crippen LogP contribution in [-0.2, 0) is 0 Å². The number of carbonyl (C=O) groups excluding carboxylic acids is 2. The van der Waals surface area contributed by atoms with Gasteiger partial charge in [0.2, 0.25) is 5.91 Å². The molecule has 4 N–H and O–H groups in total. The summed E-state index contributed by atoms with van der Waals surface area (Å²) in [5, 5.41) is 11.9. The summed E-state index contributed by atoms with van der Waals surface area (Å²) in [6.45, 7) is 0.341. The van der Waals surface area contributed by atoms with Crippen LogP contribution in [0.3, 0.4) is 0 Å². The number of pyridine rings is 1. The summed E-state index contributed by atoms with van der Waals surface area (Å²) in [6, 6.07) is 8.38. The van der Waals surface area contributed by atoms with E-state index in [0.717, 1.165) is 0 Å². The average Bonchev–Trinajstić information content (AvgIpc) is 2.46. The molecule has 2 aromatic rings. The van der Waals surface area contributed by atoms with Crippen molar-refractivity contribution in [3.8, 4) is 0 Å². The zero-order chi connectivity index (χ0) is 14.5. The molecule has 0 saturated carbocycles. The predicted molar refractivity (Wildman–Crippen MR) is 74.3 cm³/mol. The van der Waals surface area contributed by atoms with Crippen molar-refractivity contribution in [1.82, 2.24) is 10.3 Å². The highest BCUT2D eigenvalue weighted by molar-refractivity contribution is 6.07. The van der Waals surface area contributed by atoms with E-state index in [0.29, 0.717) is 23.9 Å². The minimum atomic E-state index is -0.604. The molecular formula is C14H15N3O3. The van der Waals surface area contributed by atoms with Gasteiger partial charge in [0.05, 0.1) is 11.1 Å². The van der Waals surface area contributed by atoms with E-state index in [1.165, 1.54) is 6.07 Å². The molecule has 6 nitrogen and oxygen atoms in total. The summed E-state index contributed by atoms with van der Waals surface area (Å²) >= 11 is 0. The zero-order valence-electron chi connectivity index (χ0n) is 10.8. The lowest BCUT2D eigenvalue weighted by molar-refractivity contribution is 0.0946. The first kappa shape index (κ1) is 14.0. The fraction of sp³-hybridized carbons (Fsp3) is 0.214. The minimum absolute atomic E-state index is 0.00202. The van der Waals surface area contributed by atoms with Crippen molar-refractivity contribution in [3.63, 3.8) is 0 Å². The van der Waals surface area contributed by atoms with Crippen molar-refractivity contribution in [1.29, 1.82) is 0 Å². The molecule has 0 radical (unpaired) electrons. The van der Waals surface area contributed by atoms with Crippen LogP contribution < -0.4 is 11.1 Å². The number of nitrogens with one attached hydrogen (secondary N) is 1. The van der Waals surface area contributed by atoms with Gasteiger partial charge in [0, 0.05) is 18.5 Å². The number of amides is 2. The number of carbonyl (C=O) groups is 2. The molecule has 1 heterocycles. The van der Waals surface area contributed by atoms with Crippen LogP contribution in [0, 0.1) is 0 Å². The van der Waals surface area contributed by atoms with E-state index in [-0.39, 0.29) is 17.9 Å². The summed E-state index contributed by atoms with van der Waals surface area (Å²) < 4.78 is 0. The summed E-state index contributed by atoms with van der Waals surface area (Å²) in [4.78, 5) is 27.6. The molecule has 0 aliphatic rings. The van der Waals surface area contributed by atoms with Crippen LogP contribution in [0.15, 0.2) is 30.3 Å². The molecule has 0 fully saturated rings.